The van der Waals surface area contributed by atoms with Crippen molar-refractivity contribution >= 4 is 23.3 Å². The summed E-state index contributed by atoms with van der Waals surface area (Å²) in [5.41, 5.74) is 6.82. The number of carbonyl (C=O) groups excluding carboxylic acids is 1. The van der Waals surface area contributed by atoms with Gasteiger partial charge in [-0.2, -0.15) is 10.4 Å². The van der Waals surface area contributed by atoms with E-state index in [1.54, 1.807) is 32.2 Å². The zero-order chi connectivity index (χ0) is 17.0. The molecule has 120 valence electrons. The molecule has 0 unspecified atom stereocenters. The van der Waals surface area contributed by atoms with Crippen LogP contribution in [0.25, 0.3) is 0 Å². The summed E-state index contributed by atoms with van der Waals surface area (Å²) in [6.45, 7) is 1.72. The van der Waals surface area contributed by atoms with E-state index in [9.17, 15) is 4.79 Å². The number of hydrogen-bond acceptors (Lipinski definition) is 5. The third kappa shape index (κ3) is 3.55. The Hall–Kier alpha value is -2.72. The molecule has 2 N–H and O–H groups in total. The Morgan fingerprint density at radius 2 is 2.26 bits per heavy atom. The number of ether oxygens (including phenoxy) is 1. The van der Waals surface area contributed by atoms with E-state index in [1.165, 1.54) is 11.8 Å². The molecule has 0 saturated carbocycles. The Labute approximate surface area is 138 Å². The van der Waals surface area contributed by atoms with Gasteiger partial charge in [0.1, 0.15) is 17.4 Å². The van der Waals surface area contributed by atoms with Gasteiger partial charge in [0.05, 0.1) is 19.2 Å². The number of amides is 1. The van der Waals surface area contributed by atoms with Crippen LogP contribution in [-0.4, -0.2) is 22.8 Å². The molecule has 2 aromatic rings. The lowest BCUT2D eigenvalue weighted by Gasteiger charge is -2.12. The summed E-state index contributed by atoms with van der Waals surface area (Å²) in [5.74, 6) is 0.644. The van der Waals surface area contributed by atoms with Gasteiger partial charge < -0.3 is 4.74 Å². The molecule has 0 fully saturated rings. The summed E-state index contributed by atoms with van der Waals surface area (Å²) in [5, 5.41) is 13.7. The van der Waals surface area contributed by atoms with Crippen LogP contribution in [0, 0.1) is 18.3 Å². The first kappa shape index (κ1) is 16.6. The summed E-state index contributed by atoms with van der Waals surface area (Å²) in [7, 11) is 3.20. The number of nitriles is 1. The van der Waals surface area contributed by atoms with Crippen molar-refractivity contribution < 1.29 is 9.53 Å². The Bertz CT molecular complexity index is 779. The molecule has 0 spiro atoms. The van der Waals surface area contributed by atoms with Crippen molar-refractivity contribution in [1.29, 1.82) is 5.26 Å². The Balaban J connectivity index is 2.09. The first-order valence-corrected chi connectivity index (χ1v) is 7.15. The zero-order valence-electron chi connectivity index (χ0n) is 13.0. The first-order chi connectivity index (χ1) is 11.0. The maximum Gasteiger partial charge on any atom is 0.242 e. The highest BCUT2D eigenvalue weighted by molar-refractivity contribution is 6.31. The van der Waals surface area contributed by atoms with E-state index in [2.05, 4.69) is 16.0 Å². The molecule has 8 heteroatoms. The van der Waals surface area contributed by atoms with Crippen molar-refractivity contribution in [1.82, 2.24) is 15.2 Å². The van der Waals surface area contributed by atoms with E-state index >= 15 is 0 Å². The molecule has 0 aliphatic heterocycles. The van der Waals surface area contributed by atoms with Crippen LogP contribution in [-0.2, 0) is 18.3 Å². The number of nitrogens with one attached hydrogen (secondary N) is 2. The van der Waals surface area contributed by atoms with E-state index in [0.717, 1.165) is 0 Å². The molecule has 1 heterocycles. The normalized spacial score (nSPS) is 10.0. The lowest BCUT2D eigenvalue weighted by atomic mass is 10.1. The minimum absolute atomic E-state index is 0.0363. The van der Waals surface area contributed by atoms with Gasteiger partial charge in [-0.05, 0) is 19.1 Å². The molecule has 0 aliphatic rings. The van der Waals surface area contributed by atoms with Crippen LogP contribution in [0.2, 0.25) is 5.02 Å². The van der Waals surface area contributed by atoms with E-state index in [-0.39, 0.29) is 12.3 Å². The number of rotatable bonds is 5. The number of methoxy groups -OCH3 is 1. The van der Waals surface area contributed by atoms with Crippen molar-refractivity contribution in [3.05, 3.63) is 40.0 Å². The van der Waals surface area contributed by atoms with Crippen LogP contribution in [0.1, 0.15) is 16.8 Å². The fourth-order valence-corrected chi connectivity index (χ4v) is 2.40. The highest BCUT2D eigenvalue weighted by Gasteiger charge is 2.15. The van der Waals surface area contributed by atoms with Crippen LogP contribution in [0.3, 0.4) is 0 Å². The molecule has 0 radical (unpaired) electrons. The smallest absolute Gasteiger partial charge is 0.242 e. The minimum atomic E-state index is -0.320. The van der Waals surface area contributed by atoms with Crippen molar-refractivity contribution in [3.8, 4) is 11.8 Å². The number of hydrazine groups is 1. The van der Waals surface area contributed by atoms with Gasteiger partial charge >= 0.3 is 0 Å². The van der Waals surface area contributed by atoms with Gasteiger partial charge in [0.15, 0.2) is 5.82 Å². The van der Waals surface area contributed by atoms with Crippen LogP contribution in [0.5, 0.6) is 5.75 Å². The predicted molar refractivity (Wildman–Crippen MR) is 86.1 cm³/mol. The Morgan fingerprint density at radius 3 is 2.91 bits per heavy atom. The van der Waals surface area contributed by atoms with Crippen LogP contribution >= 0.6 is 11.6 Å². The van der Waals surface area contributed by atoms with Crippen molar-refractivity contribution in [2.45, 2.75) is 13.3 Å². The maximum absolute atomic E-state index is 12.1. The van der Waals surface area contributed by atoms with Gasteiger partial charge in [-0.25, -0.2) is 0 Å². The quantitative estimate of drug-likeness (QED) is 0.816. The third-order valence-electron chi connectivity index (χ3n) is 3.29. The van der Waals surface area contributed by atoms with Crippen LogP contribution < -0.4 is 15.6 Å². The fraction of sp³-hybridized carbons (Fsp3) is 0.267. The number of aryl methyl sites for hydroxylation is 2. The summed E-state index contributed by atoms with van der Waals surface area (Å²) in [6.07, 6.45) is 0.0363. The Morgan fingerprint density at radius 1 is 1.52 bits per heavy atom. The number of aromatic nitrogens is 2. The summed E-state index contributed by atoms with van der Waals surface area (Å²) < 4.78 is 6.70. The fourth-order valence-electron chi connectivity index (χ4n) is 2.17. The standard InChI is InChI=1S/C15H16ClN5O2/c1-9-11(8-17)15(21(2)20-9)19-18-14(22)7-10-12(16)5-4-6-13(10)23-3/h4-6,19H,7H2,1-3H3,(H,18,22). The molecule has 23 heavy (non-hydrogen) atoms. The summed E-state index contributed by atoms with van der Waals surface area (Å²) in [4.78, 5) is 12.1. The number of hydrogen-bond donors (Lipinski definition) is 2. The largest absolute Gasteiger partial charge is 0.496 e. The Kier molecular flexibility index (Phi) is 5.09. The highest BCUT2D eigenvalue weighted by Crippen LogP contribution is 2.26. The van der Waals surface area contributed by atoms with Crippen molar-refractivity contribution in [2.24, 2.45) is 7.05 Å². The predicted octanol–water partition coefficient (Wildman–Crippen LogP) is 1.95. The molecule has 0 bridgehead atoms. The van der Waals surface area contributed by atoms with E-state index in [1.807, 2.05) is 6.07 Å². The number of halogens is 1. The number of carbonyl (C=O) groups is 1. The molecule has 0 atom stereocenters. The lowest BCUT2D eigenvalue weighted by Crippen LogP contribution is -2.32. The topological polar surface area (TPSA) is 92.0 Å². The molecular formula is C15H16ClN5O2. The van der Waals surface area contributed by atoms with E-state index in [0.29, 0.717) is 33.4 Å². The number of anilines is 1. The third-order valence-corrected chi connectivity index (χ3v) is 3.64. The average Bonchev–Trinajstić information content (AvgIpc) is 2.80. The molecule has 2 rings (SSSR count). The first-order valence-electron chi connectivity index (χ1n) is 6.77. The van der Waals surface area contributed by atoms with Gasteiger partial charge in [-0.15, -0.1) is 0 Å². The molecule has 1 aromatic carbocycles. The van der Waals surface area contributed by atoms with Crippen LogP contribution in [0.4, 0.5) is 5.82 Å². The SMILES string of the molecule is COc1cccc(Cl)c1CC(=O)NNc1c(C#N)c(C)nn1C. The zero-order valence-corrected chi connectivity index (χ0v) is 13.7. The molecule has 0 aliphatic carbocycles. The van der Waals surface area contributed by atoms with Gasteiger partial charge in [0.25, 0.3) is 0 Å². The van der Waals surface area contributed by atoms with Crippen molar-refractivity contribution in [2.75, 3.05) is 12.5 Å². The molecule has 0 saturated heterocycles. The molecule has 7 nitrogen and oxygen atoms in total. The summed E-state index contributed by atoms with van der Waals surface area (Å²) >= 11 is 6.11. The average molecular weight is 334 g/mol. The van der Waals surface area contributed by atoms with Crippen molar-refractivity contribution in [3.63, 3.8) is 0 Å². The molecular weight excluding hydrogens is 318 g/mol. The van der Waals surface area contributed by atoms with Gasteiger partial charge in [-0.1, -0.05) is 17.7 Å². The second kappa shape index (κ2) is 7.03. The molecule has 1 aromatic heterocycles. The monoisotopic (exact) mass is 333 g/mol. The second-order valence-electron chi connectivity index (χ2n) is 4.82. The van der Waals surface area contributed by atoms with Gasteiger partial charge in [-0.3, -0.25) is 20.3 Å². The summed E-state index contributed by atoms with van der Waals surface area (Å²) in [6, 6.07) is 7.22. The lowest BCUT2D eigenvalue weighted by molar-refractivity contribution is -0.120. The van der Waals surface area contributed by atoms with E-state index < -0.39 is 0 Å². The van der Waals surface area contributed by atoms with Gasteiger partial charge in [0, 0.05) is 17.6 Å². The minimum Gasteiger partial charge on any atom is -0.496 e. The molecule has 1 amide bonds. The highest BCUT2D eigenvalue weighted by atomic mass is 35.5. The number of nitrogens with zero attached hydrogens (tertiary/aromatic N) is 3. The number of benzene rings is 1. The maximum atomic E-state index is 12.1. The van der Waals surface area contributed by atoms with Crippen LogP contribution in [0.15, 0.2) is 18.2 Å². The van der Waals surface area contributed by atoms with Gasteiger partial charge in [0.2, 0.25) is 5.91 Å². The van der Waals surface area contributed by atoms with E-state index in [4.69, 9.17) is 21.6 Å². The second-order valence-corrected chi connectivity index (χ2v) is 5.22.